The van der Waals surface area contributed by atoms with Gasteiger partial charge in [0.05, 0.1) is 10.0 Å². The fraction of sp³-hybridized carbons (Fsp3) is 0.476. The Labute approximate surface area is 220 Å². The number of aromatic amines is 1. The Morgan fingerprint density at radius 3 is 2.76 bits per heavy atom. The SMILES string of the molecule is CCC(=O)OCCN=[P+]([O-])O[C@H](Oc1ccc(Cl)c(Cl)c1)[C@@H]1O[C@@H](n2ccc(=O)[nH]c2=O)[C@](C)(F)[C@@H]1O. The van der Waals surface area contributed by atoms with Crippen molar-refractivity contribution in [2.75, 3.05) is 13.2 Å². The molecule has 12 nitrogen and oxygen atoms in total. The van der Waals surface area contributed by atoms with Gasteiger partial charge in [0.2, 0.25) is 0 Å². The maximum Gasteiger partial charge on any atom is 0.345 e. The number of nitrogens with one attached hydrogen (secondary N) is 1. The van der Waals surface area contributed by atoms with Gasteiger partial charge in [0.15, 0.2) is 18.0 Å². The molecule has 1 saturated heterocycles. The van der Waals surface area contributed by atoms with Crippen molar-refractivity contribution in [3.63, 3.8) is 0 Å². The number of benzene rings is 1. The Kier molecular flexibility index (Phi) is 9.81. The van der Waals surface area contributed by atoms with Crippen molar-refractivity contribution in [2.45, 2.75) is 50.7 Å². The second kappa shape index (κ2) is 12.4. The summed E-state index contributed by atoms with van der Waals surface area (Å²) in [5, 5.41) is 11.1. The van der Waals surface area contributed by atoms with E-state index in [1.54, 1.807) is 6.92 Å². The molecule has 1 aromatic carbocycles. The summed E-state index contributed by atoms with van der Waals surface area (Å²) in [7, 11) is -2.84. The standard InChI is InChI=1S/C21H23Cl2FN3O9P/c1-3-15(29)33-9-7-25-37(32)36-18(34-11-4-5-12(22)13(23)10-11)16-17(30)21(2,24)19(35-16)27-8-6-14(28)26-20(27)31/h4-6,8,10,16-19,30H,3,7,9H2,1-2H3,(H,26,28,31)/t16-,17-,18+,19-,21-/m1/s1. The van der Waals surface area contributed by atoms with Crippen LogP contribution in [0.15, 0.2) is 44.8 Å². The molecule has 0 aliphatic carbocycles. The largest absolute Gasteiger partial charge is 0.583 e. The van der Waals surface area contributed by atoms with Crippen LogP contribution in [0.4, 0.5) is 4.39 Å². The van der Waals surface area contributed by atoms with Gasteiger partial charge in [-0.1, -0.05) is 34.9 Å². The third kappa shape index (κ3) is 7.14. The molecule has 2 N–H and O–H groups in total. The molecule has 1 fully saturated rings. The number of carbonyl (C=O) groups excluding carboxylic acids is 1. The van der Waals surface area contributed by atoms with E-state index in [1.807, 2.05) is 4.98 Å². The number of hydrogen-bond donors (Lipinski definition) is 2. The van der Waals surface area contributed by atoms with Crippen LogP contribution in [0.25, 0.3) is 0 Å². The van der Waals surface area contributed by atoms with Crippen molar-refractivity contribution in [2.24, 2.45) is 4.74 Å². The van der Waals surface area contributed by atoms with Crippen molar-refractivity contribution in [1.29, 1.82) is 0 Å². The zero-order valence-electron chi connectivity index (χ0n) is 19.5. The number of carbonyl (C=O) groups is 1. The smallest absolute Gasteiger partial charge is 0.345 e. The summed E-state index contributed by atoms with van der Waals surface area (Å²) >= 11 is 11.9. The van der Waals surface area contributed by atoms with Crippen LogP contribution in [0.2, 0.25) is 10.0 Å². The molecule has 0 radical (unpaired) electrons. The molecule has 6 atom stereocenters. The highest BCUT2D eigenvalue weighted by atomic mass is 35.5. The molecule has 1 aromatic heterocycles. The summed E-state index contributed by atoms with van der Waals surface area (Å²) in [5.41, 5.74) is -4.30. The highest BCUT2D eigenvalue weighted by Crippen LogP contribution is 2.43. The van der Waals surface area contributed by atoms with Crippen LogP contribution < -0.4 is 20.9 Å². The van der Waals surface area contributed by atoms with E-state index in [0.29, 0.717) is 0 Å². The van der Waals surface area contributed by atoms with E-state index in [2.05, 4.69) is 4.74 Å². The highest BCUT2D eigenvalue weighted by Gasteiger charge is 2.59. The number of hydrogen-bond acceptors (Lipinski definition) is 10. The minimum atomic E-state index is -2.84. The van der Waals surface area contributed by atoms with Gasteiger partial charge < -0.3 is 24.2 Å². The van der Waals surface area contributed by atoms with E-state index in [0.717, 1.165) is 23.8 Å². The van der Waals surface area contributed by atoms with Crippen LogP contribution in [-0.4, -0.2) is 57.9 Å². The first kappa shape index (κ1) is 29.2. The predicted molar refractivity (Wildman–Crippen MR) is 128 cm³/mol. The third-order valence-electron chi connectivity index (χ3n) is 5.23. The Balaban J connectivity index is 1.88. The number of aromatic nitrogens is 2. The van der Waals surface area contributed by atoms with Crippen molar-refractivity contribution in [1.82, 2.24) is 9.55 Å². The normalized spacial score (nSPS) is 24.6. The predicted octanol–water partition coefficient (Wildman–Crippen LogP) is 2.06. The zero-order valence-corrected chi connectivity index (χ0v) is 21.9. The van der Waals surface area contributed by atoms with Gasteiger partial charge in [-0.05, 0) is 19.1 Å². The number of rotatable bonds is 10. The van der Waals surface area contributed by atoms with Gasteiger partial charge in [-0.2, -0.15) is 0 Å². The molecule has 37 heavy (non-hydrogen) atoms. The maximum atomic E-state index is 15.7. The van der Waals surface area contributed by atoms with Crippen molar-refractivity contribution in [3.05, 3.63) is 61.3 Å². The van der Waals surface area contributed by atoms with Gasteiger partial charge in [-0.3, -0.25) is 19.1 Å². The van der Waals surface area contributed by atoms with E-state index in [-0.39, 0.29) is 35.4 Å². The minimum absolute atomic E-state index is 0.0423. The van der Waals surface area contributed by atoms with Crippen LogP contribution >= 0.6 is 31.4 Å². The fourth-order valence-electron chi connectivity index (χ4n) is 3.33. The lowest BCUT2D eigenvalue weighted by Crippen LogP contribution is -2.46. The van der Waals surface area contributed by atoms with E-state index in [9.17, 15) is 24.4 Å². The fourth-order valence-corrected chi connectivity index (χ4v) is 4.27. The van der Waals surface area contributed by atoms with Gasteiger partial charge in [0.25, 0.3) is 11.8 Å². The average molecular weight is 582 g/mol. The highest BCUT2D eigenvalue weighted by molar-refractivity contribution is 7.33. The molecule has 2 heterocycles. The summed E-state index contributed by atoms with van der Waals surface area (Å²) < 4.78 is 41.6. The van der Waals surface area contributed by atoms with Crippen LogP contribution in [0, 0.1) is 0 Å². The quantitative estimate of drug-likeness (QED) is 0.185. The summed E-state index contributed by atoms with van der Waals surface area (Å²) in [6.45, 7) is 2.25. The number of H-pyrrole nitrogens is 1. The topological polar surface area (TPSA) is 164 Å². The van der Waals surface area contributed by atoms with Crippen LogP contribution in [0.5, 0.6) is 5.75 Å². The number of aliphatic hydroxyl groups excluding tert-OH is 1. The third-order valence-corrected chi connectivity index (χ3v) is 6.78. The number of alkyl halides is 1. The Morgan fingerprint density at radius 2 is 2.11 bits per heavy atom. The monoisotopic (exact) mass is 581 g/mol. The van der Waals surface area contributed by atoms with Gasteiger partial charge in [0, 0.05) is 24.8 Å². The lowest BCUT2D eigenvalue weighted by Gasteiger charge is -2.25. The Hall–Kier alpha value is -2.38. The summed E-state index contributed by atoms with van der Waals surface area (Å²) in [6.07, 6.45) is -5.89. The zero-order chi connectivity index (χ0) is 27.3. The summed E-state index contributed by atoms with van der Waals surface area (Å²) in [5.74, 6) is -0.430. The summed E-state index contributed by atoms with van der Waals surface area (Å²) in [6, 6.07) is 5.06. The molecule has 0 amide bonds. The van der Waals surface area contributed by atoms with E-state index >= 15 is 4.39 Å². The molecule has 202 valence electrons. The lowest BCUT2D eigenvalue weighted by atomic mass is 9.98. The molecule has 3 rings (SSSR count). The molecule has 0 bridgehead atoms. The van der Waals surface area contributed by atoms with Crippen molar-refractivity contribution >= 4 is 37.3 Å². The molecule has 0 saturated carbocycles. The van der Waals surface area contributed by atoms with Crippen molar-refractivity contribution in [3.8, 4) is 5.75 Å². The van der Waals surface area contributed by atoms with Gasteiger partial charge in [-0.15, -0.1) is 4.52 Å². The lowest BCUT2D eigenvalue weighted by molar-refractivity contribution is -0.205. The number of nitrogens with zero attached hydrogens (tertiary/aromatic N) is 2. The molecule has 2 aromatic rings. The first-order valence-electron chi connectivity index (χ1n) is 10.9. The van der Waals surface area contributed by atoms with Crippen LogP contribution in [-0.2, 0) is 18.8 Å². The van der Waals surface area contributed by atoms with Gasteiger partial charge in [0.1, 0.15) is 25.0 Å². The Morgan fingerprint density at radius 1 is 1.38 bits per heavy atom. The minimum Gasteiger partial charge on any atom is -0.583 e. The van der Waals surface area contributed by atoms with Crippen LogP contribution in [0.3, 0.4) is 0 Å². The number of aliphatic hydroxyl groups is 1. The number of esters is 1. The first-order valence-corrected chi connectivity index (χ1v) is 12.7. The molecule has 0 spiro atoms. The van der Waals surface area contributed by atoms with E-state index < -0.39 is 55.8 Å². The molecule has 1 aliphatic rings. The molecule has 16 heteroatoms. The molecular weight excluding hydrogens is 559 g/mol. The molecular formula is C21H23Cl2FN3O9P. The van der Waals surface area contributed by atoms with Crippen molar-refractivity contribution < 1.29 is 37.9 Å². The first-order chi connectivity index (χ1) is 17.4. The second-order valence-electron chi connectivity index (χ2n) is 7.91. The number of halogens is 3. The molecule has 1 aliphatic heterocycles. The summed E-state index contributed by atoms with van der Waals surface area (Å²) in [4.78, 5) is 49.4. The van der Waals surface area contributed by atoms with Crippen LogP contribution in [0.1, 0.15) is 26.5 Å². The van der Waals surface area contributed by atoms with Gasteiger partial charge in [-0.25, -0.2) is 9.18 Å². The molecule has 1 unspecified atom stereocenters. The van der Waals surface area contributed by atoms with E-state index in [4.69, 9.17) is 41.9 Å². The van der Waals surface area contributed by atoms with Gasteiger partial charge >= 0.3 is 19.8 Å². The maximum absolute atomic E-state index is 15.7. The Bertz CT molecular complexity index is 1270. The second-order valence-corrected chi connectivity index (χ2v) is 9.69. The van der Waals surface area contributed by atoms with E-state index in [1.165, 1.54) is 18.2 Å². The number of ether oxygens (including phenoxy) is 3. The average Bonchev–Trinajstić information content (AvgIpc) is 3.07.